The van der Waals surface area contributed by atoms with Crippen LogP contribution in [-0.2, 0) is 0 Å². The Morgan fingerprint density at radius 3 is 2.76 bits per heavy atom. The summed E-state index contributed by atoms with van der Waals surface area (Å²) in [5.74, 6) is 1.05. The third-order valence-electron chi connectivity index (χ3n) is 2.70. The van der Waals surface area contributed by atoms with E-state index in [4.69, 9.17) is 10.00 Å². The number of para-hydroxylation sites is 1. The van der Waals surface area contributed by atoms with Crippen molar-refractivity contribution in [2.75, 3.05) is 12.4 Å². The predicted molar refractivity (Wildman–Crippen MR) is 78.8 cm³/mol. The molecule has 0 saturated carbocycles. The number of hydrogen-bond donors (Lipinski definition) is 0. The third-order valence-corrected chi connectivity index (χ3v) is 3.64. The second-order valence-corrected chi connectivity index (χ2v) is 5.36. The number of halogens is 1. The highest BCUT2D eigenvalue weighted by Gasteiger charge is 2.10. The van der Waals surface area contributed by atoms with E-state index in [0.717, 1.165) is 0 Å². The van der Waals surface area contributed by atoms with Gasteiger partial charge in [0.1, 0.15) is 22.5 Å². The highest BCUT2D eigenvalue weighted by atomic mass is 32.2. The molecule has 0 spiro atoms. The summed E-state index contributed by atoms with van der Waals surface area (Å²) in [6.45, 7) is 3.90. The molecule has 108 valence electrons. The molecule has 0 bridgehead atoms. The third kappa shape index (κ3) is 3.92. The van der Waals surface area contributed by atoms with Crippen LogP contribution in [-0.4, -0.2) is 22.3 Å². The summed E-state index contributed by atoms with van der Waals surface area (Å²) in [7, 11) is 0. The molecule has 0 aliphatic heterocycles. The van der Waals surface area contributed by atoms with Gasteiger partial charge in [0.05, 0.1) is 12.3 Å². The molecule has 1 heterocycles. The summed E-state index contributed by atoms with van der Waals surface area (Å²) in [5.41, 5.74) is 1.15. The first-order valence-electron chi connectivity index (χ1n) is 6.37. The van der Waals surface area contributed by atoms with Gasteiger partial charge >= 0.3 is 0 Å². The van der Waals surface area contributed by atoms with Crippen LogP contribution >= 0.6 is 11.8 Å². The Morgan fingerprint density at radius 2 is 2.05 bits per heavy atom. The van der Waals surface area contributed by atoms with Crippen molar-refractivity contribution in [1.29, 1.82) is 5.26 Å². The van der Waals surface area contributed by atoms with Crippen molar-refractivity contribution in [2.45, 2.75) is 18.9 Å². The largest absolute Gasteiger partial charge is 0.490 e. The highest BCUT2D eigenvalue weighted by molar-refractivity contribution is 7.99. The van der Waals surface area contributed by atoms with Crippen LogP contribution in [0.15, 0.2) is 29.3 Å². The monoisotopic (exact) mass is 303 g/mol. The van der Waals surface area contributed by atoms with E-state index in [1.54, 1.807) is 32.0 Å². The molecule has 2 rings (SSSR count). The summed E-state index contributed by atoms with van der Waals surface area (Å²) >= 11 is 1.40. The maximum atomic E-state index is 13.4. The molecule has 0 fully saturated rings. The van der Waals surface area contributed by atoms with Gasteiger partial charge in [-0.1, -0.05) is 12.1 Å². The van der Waals surface area contributed by atoms with Gasteiger partial charge in [-0.25, -0.2) is 14.4 Å². The van der Waals surface area contributed by atoms with Gasteiger partial charge in [0, 0.05) is 5.75 Å². The van der Waals surface area contributed by atoms with Crippen LogP contribution in [0.25, 0.3) is 0 Å². The fourth-order valence-electron chi connectivity index (χ4n) is 1.77. The lowest BCUT2D eigenvalue weighted by atomic mass is 10.3. The molecule has 2 aromatic rings. The van der Waals surface area contributed by atoms with Crippen LogP contribution in [0.3, 0.4) is 0 Å². The van der Waals surface area contributed by atoms with Crippen molar-refractivity contribution < 1.29 is 9.13 Å². The second kappa shape index (κ2) is 7.04. The number of ether oxygens (including phenoxy) is 1. The molecule has 0 unspecified atom stereocenters. The molecule has 0 amide bonds. The smallest absolute Gasteiger partial charge is 0.165 e. The maximum Gasteiger partial charge on any atom is 0.165 e. The number of nitriles is 1. The van der Waals surface area contributed by atoms with Gasteiger partial charge in [-0.15, -0.1) is 11.8 Å². The molecule has 0 radical (unpaired) electrons. The lowest BCUT2D eigenvalue weighted by Gasteiger charge is -2.08. The molecule has 0 aliphatic carbocycles. The lowest BCUT2D eigenvalue weighted by molar-refractivity contribution is 0.325. The zero-order valence-corrected chi connectivity index (χ0v) is 12.6. The minimum atomic E-state index is -0.381. The summed E-state index contributed by atoms with van der Waals surface area (Å²) in [6, 6.07) is 8.38. The highest BCUT2D eigenvalue weighted by Crippen LogP contribution is 2.22. The number of aromatic nitrogens is 2. The molecule has 0 atom stereocenters. The minimum Gasteiger partial charge on any atom is -0.490 e. The summed E-state index contributed by atoms with van der Waals surface area (Å²) < 4.78 is 18.7. The minimum absolute atomic E-state index is 0.230. The van der Waals surface area contributed by atoms with E-state index in [9.17, 15) is 4.39 Å². The Hall–Kier alpha value is -2.13. The molecule has 0 saturated heterocycles. The van der Waals surface area contributed by atoms with Crippen LogP contribution in [0.4, 0.5) is 4.39 Å². The number of nitrogens with zero attached hydrogens (tertiary/aromatic N) is 3. The van der Waals surface area contributed by atoms with Crippen molar-refractivity contribution in [3.63, 3.8) is 0 Å². The summed E-state index contributed by atoms with van der Waals surface area (Å²) in [5, 5.41) is 9.78. The number of hydrogen-bond acceptors (Lipinski definition) is 5. The van der Waals surface area contributed by atoms with E-state index in [-0.39, 0.29) is 11.6 Å². The first-order chi connectivity index (χ1) is 10.1. The van der Waals surface area contributed by atoms with Gasteiger partial charge in [-0.3, -0.25) is 0 Å². The Balaban J connectivity index is 1.96. The number of thioether (sulfide) groups is 1. The van der Waals surface area contributed by atoms with Crippen molar-refractivity contribution >= 4 is 11.8 Å². The second-order valence-electron chi connectivity index (χ2n) is 4.28. The number of rotatable bonds is 5. The maximum absolute atomic E-state index is 13.4. The fraction of sp³-hybridized carbons (Fsp3) is 0.267. The average Bonchev–Trinajstić information content (AvgIpc) is 2.45. The molecule has 0 N–H and O–H groups in total. The van der Waals surface area contributed by atoms with Crippen LogP contribution in [0.1, 0.15) is 17.1 Å². The first kappa shape index (κ1) is 15.3. The van der Waals surface area contributed by atoms with Gasteiger partial charge in [0.25, 0.3) is 0 Å². The molecule has 1 aromatic carbocycles. The Kier molecular flexibility index (Phi) is 5.12. The zero-order chi connectivity index (χ0) is 15.2. The van der Waals surface area contributed by atoms with E-state index in [1.807, 2.05) is 0 Å². The molecular weight excluding hydrogens is 289 g/mol. The van der Waals surface area contributed by atoms with Crippen LogP contribution in [0.5, 0.6) is 5.75 Å². The van der Waals surface area contributed by atoms with E-state index in [0.29, 0.717) is 34.5 Å². The van der Waals surface area contributed by atoms with Crippen molar-refractivity contribution in [1.82, 2.24) is 9.97 Å². The van der Waals surface area contributed by atoms with Crippen LogP contribution in [0.2, 0.25) is 0 Å². The van der Waals surface area contributed by atoms with Gasteiger partial charge in [-0.05, 0) is 26.0 Å². The Morgan fingerprint density at radius 1 is 1.29 bits per heavy atom. The predicted octanol–water partition coefficient (Wildman–Crippen LogP) is 3.28. The summed E-state index contributed by atoms with van der Waals surface area (Å²) in [4.78, 5) is 8.43. The van der Waals surface area contributed by atoms with Gasteiger partial charge in [-0.2, -0.15) is 5.26 Å². The van der Waals surface area contributed by atoms with E-state index < -0.39 is 0 Å². The van der Waals surface area contributed by atoms with Gasteiger partial charge < -0.3 is 4.74 Å². The molecule has 21 heavy (non-hydrogen) atoms. The molecule has 1 aromatic heterocycles. The topological polar surface area (TPSA) is 58.8 Å². The van der Waals surface area contributed by atoms with Crippen LogP contribution < -0.4 is 4.74 Å². The van der Waals surface area contributed by atoms with E-state index in [2.05, 4.69) is 16.0 Å². The van der Waals surface area contributed by atoms with Gasteiger partial charge in [0.15, 0.2) is 11.6 Å². The molecule has 4 nitrogen and oxygen atoms in total. The fourth-order valence-corrected chi connectivity index (χ4v) is 2.66. The van der Waals surface area contributed by atoms with Crippen molar-refractivity contribution in [2.24, 2.45) is 0 Å². The average molecular weight is 303 g/mol. The molecule has 6 heteroatoms. The standard InChI is InChI=1S/C15H14FN3OS/c1-10-12(9-17)15(19-11(2)18-10)21-8-7-20-14-6-4-3-5-13(14)16/h3-6H,7-8H2,1-2H3. The SMILES string of the molecule is Cc1nc(C)c(C#N)c(SCCOc2ccccc2F)n1. The summed E-state index contributed by atoms with van der Waals surface area (Å²) in [6.07, 6.45) is 0. The first-order valence-corrected chi connectivity index (χ1v) is 7.36. The van der Waals surface area contributed by atoms with Gasteiger partial charge in [0.2, 0.25) is 0 Å². The quantitative estimate of drug-likeness (QED) is 0.482. The van der Waals surface area contributed by atoms with Crippen LogP contribution in [0, 0.1) is 31.0 Å². The Bertz CT molecular complexity index is 685. The van der Waals surface area contributed by atoms with Crippen molar-refractivity contribution in [3.8, 4) is 11.8 Å². The van der Waals surface area contributed by atoms with E-state index >= 15 is 0 Å². The molecular formula is C15H14FN3OS. The Labute approximate surface area is 127 Å². The lowest BCUT2D eigenvalue weighted by Crippen LogP contribution is -2.04. The van der Waals surface area contributed by atoms with Crippen molar-refractivity contribution in [3.05, 3.63) is 47.2 Å². The zero-order valence-electron chi connectivity index (χ0n) is 11.8. The number of benzene rings is 1. The normalized spacial score (nSPS) is 10.2. The van der Waals surface area contributed by atoms with E-state index in [1.165, 1.54) is 17.8 Å². The number of aryl methyl sites for hydroxylation is 2. The molecule has 0 aliphatic rings.